The lowest BCUT2D eigenvalue weighted by molar-refractivity contribution is -0.145. The Hall–Kier alpha value is -2.50. The van der Waals surface area contributed by atoms with Gasteiger partial charge in [0.15, 0.2) is 15.6 Å². The molecule has 48 heavy (non-hydrogen) atoms. The molecule has 11 nitrogen and oxygen atoms in total. The van der Waals surface area contributed by atoms with Gasteiger partial charge in [0.05, 0.1) is 22.6 Å². The van der Waals surface area contributed by atoms with Crippen LogP contribution in [0.15, 0.2) is 0 Å². The first-order valence-electron chi connectivity index (χ1n) is 18.4. The lowest BCUT2D eigenvalue weighted by Crippen LogP contribution is -2.65. The van der Waals surface area contributed by atoms with Gasteiger partial charge in [-0.1, -0.05) is 73.6 Å². The molecule has 0 unspecified atom stereocenters. The number of Topliss-reactive ketones (excluding diaryl/α,β-unsaturated/α-hetero) is 2. The molecule has 2 heterocycles. The van der Waals surface area contributed by atoms with Crippen molar-refractivity contribution < 1.29 is 32.4 Å². The van der Waals surface area contributed by atoms with Crippen molar-refractivity contribution in [2.45, 2.75) is 154 Å². The Morgan fingerprint density at radius 3 is 2.19 bits per heavy atom. The largest absolute Gasteiger partial charge is 0.347 e. The molecule has 5 fully saturated rings. The highest BCUT2D eigenvalue weighted by Crippen LogP contribution is 2.65. The Labute approximate surface area is 286 Å². The number of nitrogens with zero attached hydrogens (tertiary/aromatic N) is 1. The number of fused-ring (bicyclic) bond motifs is 1. The minimum Gasteiger partial charge on any atom is -0.347 e. The standard InChI is InChI=1S/C36H58N4O7S/c1-7-8-13-22(29(42)31(43)37-23-15-16-23)20-25(41)28-27-24(35(27,5)6)21-40(28)32(44)30(34(2,3)4)38-33(45)39-36(17-10-9-11-18-36)26-14-12-19-48(26,46)47/h22-24,26-28,30H,7-21H2,1-6H3,(H,37,43)(H2,38,39,45)/t22-,24+,26-,27+,28-,30-/m1/s1. The maximum atomic E-state index is 14.5. The number of ketones is 2. The number of nitrogens with one attached hydrogen (secondary N) is 3. The number of sulfone groups is 1. The second-order valence-electron chi connectivity index (χ2n) is 17.1. The van der Waals surface area contributed by atoms with E-state index in [0.29, 0.717) is 45.1 Å². The molecule has 4 amide bonds. The zero-order chi connectivity index (χ0) is 35.2. The van der Waals surface area contributed by atoms with Gasteiger partial charge >= 0.3 is 6.03 Å². The number of rotatable bonds is 13. The Bertz CT molecular complexity index is 1390. The number of carbonyl (C=O) groups excluding carboxylic acids is 5. The molecule has 3 aliphatic carbocycles. The normalized spacial score (nSPS) is 29.7. The number of carbonyl (C=O) groups is 5. The van der Waals surface area contributed by atoms with Crippen molar-refractivity contribution in [2.24, 2.45) is 28.6 Å². The lowest BCUT2D eigenvalue weighted by atomic mass is 9.78. The summed E-state index contributed by atoms with van der Waals surface area (Å²) >= 11 is 0. The van der Waals surface area contributed by atoms with Crippen LogP contribution in [0.25, 0.3) is 0 Å². The molecule has 0 bridgehead atoms. The molecule has 0 spiro atoms. The van der Waals surface area contributed by atoms with Crippen molar-refractivity contribution in [1.29, 1.82) is 0 Å². The van der Waals surface area contributed by atoms with Crippen molar-refractivity contribution in [3.05, 3.63) is 0 Å². The van der Waals surface area contributed by atoms with Crippen LogP contribution in [0, 0.1) is 28.6 Å². The van der Waals surface area contributed by atoms with Crippen molar-refractivity contribution >= 4 is 39.2 Å². The fraction of sp³-hybridized carbons (Fsp3) is 0.861. The van der Waals surface area contributed by atoms with E-state index >= 15 is 0 Å². The van der Waals surface area contributed by atoms with Gasteiger partial charge in [-0.2, -0.15) is 0 Å². The van der Waals surface area contributed by atoms with E-state index in [-0.39, 0.29) is 47.2 Å². The van der Waals surface area contributed by atoms with Crippen molar-refractivity contribution in [2.75, 3.05) is 12.3 Å². The maximum absolute atomic E-state index is 14.5. The molecular weight excluding hydrogens is 632 g/mol. The molecule has 0 aromatic rings. The first kappa shape index (κ1) is 36.8. The summed E-state index contributed by atoms with van der Waals surface area (Å²) < 4.78 is 26.1. The zero-order valence-corrected chi connectivity index (χ0v) is 30.7. The summed E-state index contributed by atoms with van der Waals surface area (Å²) in [5, 5.41) is 8.16. The highest BCUT2D eigenvalue weighted by atomic mass is 32.2. The van der Waals surface area contributed by atoms with E-state index in [1.807, 2.05) is 27.7 Å². The highest BCUT2D eigenvalue weighted by Gasteiger charge is 2.69. The van der Waals surface area contributed by atoms with Crippen molar-refractivity contribution in [3.63, 3.8) is 0 Å². The van der Waals surface area contributed by atoms with E-state index in [1.54, 1.807) is 4.90 Å². The molecule has 12 heteroatoms. The van der Waals surface area contributed by atoms with Gasteiger partial charge in [0.25, 0.3) is 5.91 Å². The second-order valence-corrected chi connectivity index (χ2v) is 19.4. The number of unbranched alkanes of at least 4 members (excludes halogenated alkanes) is 1. The van der Waals surface area contributed by atoms with Crippen LogP contribution in [0.5, 0.6) is 0 Å². The maximum Gasteiger partial charge on any atom is 0.315 e. The molecule has 2 aliphatic heterocycles. The number of hydrogen-bond donors (Lipinski definition) is 3. The van der Waals surface area contributed by atoms with Crippen molar-refractivity contribution in [3.8, 4) is 0 Å². The molecule has 0 aromatic carbocycles. The van der Waals surface area contributed by atoms with Crippen molar-refractivity contribution in [1.82, 2.24) is 20.9 Å². The Kier molecular flexibility index (Phi) is 10.5. The van der Waals surface area contributed by atoms with Gasteiger partial charge in [0, 0.05) is 24.9 Å². The quantitative estimate of drug-likeness (QED) is 0.246. The van der Waals surface area contributed by atoms with E-state index in [2.05, 4.69) is 29.8 Å². The molecule has 270 valence electrons. The van der Waals surface area contributed by atoms with Gasteiger partial charge in [0.2, 0.25) is 11.7 Å². The van der Waals surface area contributed by atoms with Crippen LogP contribution in [-0.2, 0) is 29.0 Å². The van der Waals surface area contributed by atoms with Gasteiger partial charge in [-0.15, -0.1) is 0 Å². The third-order valence-corrected chi connectivity index (χ3v) is 14.5. The third-order valence-electron chi connectivity index (χ3n) is 12.1. The summed E-state index contributed by atoms with van der Waals surface area (Å²) in [6.07, 6.45) is 8.48. The van der Waals surface area contributed by atoms with Gasteiger partial charge in [0.1, 0.15) is 6.04 Å². The van der Waals surface area contributed by atoms with E-state index in [0.717, 1.165) is 38.5 Å². The predicted molar refractivity (Wildman–Crippen MR) is 183 cm³/mol. The van der Waals surface area contributed by atoms with Gasteiger partial charge in [-0.25, -0.2) is 13.2 Å². The molecule has 3 N–H and O–H groups in total. The number of hydrogen-bond acceptors (Lipinski definition) is 7. The molecule has 2 saturated heterocycles. The minimum atomic E-state index is -3.34. The van der Waals surface area contributed by atoms with Crippen LogP contribution in [-0.4, -0.2) is 83.9 Å². The van der Waals surface area contributed by atoms with Crippen LogP contribution in [0.3, 0.4) is 0 Å². The average Bonchev–Trinajstić information content (AvgIpc) is 3.79. The summed E-state index contributed by atoms with van der Waals surface area (Å²) in [7, 11) is -3.34. The fourth-order valence-electron chi connectivity index (χ4n) is 9.02. The first-order chi connectivity index (χ1) is 22.4. The topological polar surface area (TPSA) is 159 Å². The third kappa shape index (κ3) is 7.48. The number of likely N-dealkylation sites (tertiary alicyclic amines) is 1. The smallest absolute Gasteiger partial charge is 0.315 e. The molecule has 5 aliphatic rings. The van der Waals surface area contributed by atoms with Crippen LogP contribution >= 0.6 is 0 Å². The van der Waals surface area contributed by atoms with Gasteiger partial charge < -0.3 is 20.9 Å². The summed E-state index contributed by atoms with van der Waals surface area (Å²) in [6, 6.07) is -2.25. The highest BCUT2D eigenvalue weighted by molar-refractivity contribution is 7.92. The van der Waals surface area contributed by atoms with E-state index in [4.69, 9.17) is 0 Å². The summed E-state index contributed by atoms with van der Waals surface area (Å²) in [5.41, 5.74) is -1.73. The summed E-state index contributed by atoms with van der Waals surface area (Å²) in [6.45, 7) is 12.2. The van der Waals surface area contributed by atoms with E-state index in [1.165, 1.54) is 0 Å². The van der Waals surface area contributed by atoms with E-state index < -0.39 is 61.8 Å². The Morgan fingerprint density at radius 1 is 0.958 bits per heavy atom. The molecule has 3 saturated carbocycles. The summed E-state index contributed by atoms with van der Waals surface area (Å²) in [5.74, 6) is -2.31. The van der Waals surface area contributed by atoms with Crippen LogP contribution in [0.4, 0.5) is 4.79 Å². The SMILES string of the molecule is CCCC[C@H](CC(=O)[C@@H]1[C@@H]2[C@H](CN1C(=O)[C@@H](NC(=O)NC1([C@H]3CCCS3(=O)=O)CCCCC1)C(C)(C)C)C2(C)C)C(=O)C(=O)NC1CC1. The van der Waals surface area contributed by atoms with Crippen LogP contribution < -0.4 is 16.0 Å². The predicted octanol–water partition coefficient (Wildman–Crippen LogP) is 4.08. The second kappa shape index (κ2) is 13.7. The monoisotopic (exact) mass is 690 g/mol. The van der Waals surface area contributed by atoms with Crippen LogP contribution in [0.1, 0.15) is 125 Å². The zero-order valence-electron chi connectivity index (χ0n) is 29.9. The number of amides is 4. The fourth-order valence-corrected chi connectivity index (χ4v) is 11.4. The average molecular weight is 691 g/mol. The van der Waals surface area contributed by atoms with Gasteiger partial charge in [-0.05, 0) is 67.6 Å². The molecule has 0 aromatic heterocycles. The Balaban J connectivity index is 1.34. The first-order valence-corrected chi connectivity index (χ1v) is 20.1. The molecule has 6 atom stereocenters. The number of piperidine rings is 1. The summed E-state index contributed by atoms with van der Waals surface area (Å²) in [4.78, 5) is 70.0. The molecular formula is C36H58N4O7S. The van der Waals surface area contributed by atoms with Crippen LogP contribution in [0.2, 0.25) is 0 Å². The number of urea groups is 1. The lowest BCUT2D eigenvalue weighted by Gasteiger charge is -2.43. The molecule has 0 radical (unpaired) electrons. The van der Waals surface area contributed by atoms with Gasteiger partial charge in [-0.3, -0.25) is 19.2 Å². The van der Waals surface area contributed by atoms with E-state index in [9.17, 15) is 32.4 Å². The Morgan fingerprint density at radius 2 is 1.62 bits per heavy atom. The minimum absolute atomic E-state index is 0.0366. The molecule has 5 rings (SSSR count).